The average molecular weight is 277 g/mol. The first kappa shape index (κ1) is 12.2. The van der Waals surface area contributed by atoms with Crippen LogP contribution in [0.5, 0.6) is 5.75 Å². The third-order valence-electron chi connectivity index (χ3n) is 4.04. The Morgan fingerprint density at radius 1 is 1.53 bits per heavy atom. The maximum absolute atomic E-state index is 11.9. The molecule has 1 amide bonds. The Bertz CT molecular complexity index is 577. The molecule has 5 nitrogen and oxygen atoms in total. The molecular formula is C13H15N3O2S. The molecule has 2 aliphatic rings. The molecule has 2 bridgehead atoms. The lowest BCUT2D eigenvalue weighted by Gasteiger charge is -2.54. The third kappa shape index (κ3) is 1.53. The predicted molar refractivity (Wildman–Crippen MR) is 74.4 cm³/mol. The monoisotopic (exact) mass is 277 g/mol. The molecule has 0 aromatic heterocycles. The Morgan fingerprint density at radius 2 is 2.21 bits per heavy atom. The number of hydrogen-bond acceptors (Lipinski definition) is 3. The first-order valence-electron chi connectivity index (χ1n) is 6.06. The van der Waals surface area contributed by atoms with E-state index in [1.165, 1.54) is 0 Å². The van der Waals surface area contributed by atoms with E-state index in [-0.39, 0.29) is 6.04 Å². The number of nitrogens with one attached hydrogen (secondary N) is 1. The highest BCUT2D eigenvalue weighted by atomic mass is 32.1. The van der Waals surface area contributed by atoms with Crippen molar-refractivity contribution in [3.8, 4) is 5.75 Å². The van der Waals surface area contributed by atoms with Gasteiger partial charge in [0.15, 0.2) is 10.8 Å². The Balaban J connectivity index is 2.21. The van der Waals surface area contributed by atoms with Crippen LogP contribution in [-0.2, 0) is 4.79 Å². The Morgan fingerprint density at radius 3 is 2.89 bits per heavy atom. The summed E-state index contributed by atoms with van der Waals surface area (Å²) in [6.07, 6.45) is 0. The summed E-state index contributed by atoms with van der Waals surface area (Å²) < 4.78 is 6.04. The third-order valence-corrected chi connectivity index (χ3v) is 4.43. The normalized spacial score (nSPS) is 32.1. The SMILES string of the molecule is CN1C(=S)NC2c3ccccc3OC1(C)C2C(N)=O. The molecular weight excluding hydrogens is 262 g/mol. The Hall–Kier alpha value is -1.82. The second-order valence-corrected chi connectivity index (χ2v) is 5.45. The highest BCUT2D eigenvalue weighted by Crippen LogP contribution is 2.47. The first-order valence-corrected chi connectivity index (χ1v) is 6.47. The second kappa shape index (κ2) is 3.84. The van der Waals surface area contributed by atoms with Crippen molar-refractivity contribution in [2.75, 3.05) is 7.05 Å². The minimum atomic E-state index is -0.854. The number of carbonyl (C=O) groups excluding carboxylic acids is 1. The smallest absolute Gasteiger partial charge is 0.229 e. The predicted octanol–water partition coefficient (Wildman–Crippen LogP) is 0.758. The van der Waals surface area contributed by atoms with E-state index in [4.69, 9.17) is 22.7 Å². The zero-order valence-electron chi connectivity index (χ0n) is 10.7. The number of nitrogens with zero attached hydrogens (tertiary/aromatic N) is 1. The number of benzene rings is 1. The van der Waals surface area contributed by atoms with Crippen LogP contribution in [0.1, 0.15) is 18.5 Å². The Kier molecular flexibility index (Phi) is 2.47. The summed E-state index contributed by atoms with van der Waals surface area (Å²) in [6, 6.07) is 7.39. The van der Waals surface area contributed by atoms with Crippen molar-refractivity contribution in [2.45, 2.75) is 18.7 Å². The molecule has 1 aromatic rings. The van der Waals surface area contributed by atoms with Gasteiger partial charge in [-0.2, -0.15) is 0 Å². The van der Waals surface area contributed by atoms with Crippen LogP contribution in [0, 0.1) is 5.92 Å². The molecule has 1 saturated heterocycles. The van der Waals surface area contributed by atoms with Gasteiger partial charge in [-0.25, -0.2) is 0 Å². The molecule has 0 radical (unpaired) electrons. The van der Waals surface area contributed by atoms with Crippen LogP contribution in [0.3, 0.4) is 0 Å². The van der Waals surface area contributed by atoms with Crippen LogP contribution >= 0.6 is 12.2 Å². The molecule has 0 saturated carbocycles. The maximum atomic E-state index is 11.9. The number of ether oxygens (including phenoxy) is 1. The fraction of sp³-hybridized carbons (Fsp3) is 0.385. The minimum Gasteiger partial charge on any atom is -0.467 e. The Labute approximate surface area is 116 Å². The van der Waals surface area contributed by atoms with Crippen molar-refractivity contribution in [3.63, 3.8) is 0 Å². The lowest BCUT2D eigenvalue weighted by atomic mass is 9.79. The summed E-state index contributed by atoms with van der Waals surface area (Å²) in [5, 5.41) is 3.74. The molecule has 2 heterocycles. The molecule has 0 spiro atoms. The molecule has 6 heteroatoms. The number of thiocarbonyl (C=S) groups is 1. The number of primary amides is 1. The summed E-state index contributed by atoms with van der Waals surface area (Å²) in [5.41, 5.74) is 5.64. The topological polar surface area (TPSA) is 67.6 Å². The molecule has 3 rings (SSSR count). The van der Waals surface area contributed by atoms with Gasteiger partial charge in [0.25, 0.3) is 0 Å². The first-order chi connectivity index (χ1) is 8.95. The number of amides is 1. The van der Waals surface area contributed by atoms with E-state index in [1.807, 2.05) is 31.2 Å². The molecule has 100 valence electrons. The zero-order chi connectivity index (χ0) is 13.8. The molecule has 3 atom stereocenters. The van der Waals surface area contributed by atoms with Gasteiger partial charge in [-0.1, -0.05) is 18.2 Å². The quantitative estimate of drug-likeness (QED) is 0.742. The van der Waals surface area contributed by atoms with E-state index in [2.05, 4.69) is 5.32 Å². The van der Waals surface area contributed by atoms with Gasteiger partial charge in [-0.15, -0.1) is 0 Å². The molecule has 3 unspecified atom stereocenters. The van der Waals surface area contributed by atoms with Crippen molar-refractivity contribution < 1.29 is 9.53 Å². The minimum absolute atomic E-state index is 0.240. The summed E-state index contributed by atoms with van der Waals surface area (Å²) in [7, 11) is 1.80. The standard InChI is InChI=1S/C13H15N3O2S/c1-13-9(11(14)17)10(15-12(19)16(13)2)7-5-3-4-6-8(7)18-13/h3-6,9-10H,1-2H3,(H2,14,17)(H,15,19). The second-order valence-electron chi connectivity index (χ2n) is 5.06. The van der Waals surface area contributed by atoms with Gasteiger partial charge >= 0.3 is 0 Å². The van der Waals surface area contributed by atoms with Gasteiger partial charge in [0.2, 0.25) is 5.91 Å². The van der Waals surface area contributed by atoms with Crippen molar-refractivity contribution in [3.05, 3.63) is 29.8 Å². The average Bonchev–Trinajstić information content (AvgIpc) is 2.35. The molecule has 19 heavy (non-hydrogen) atoms. The van der Waals surface area contributed by atoms with E-state index in [9.17, 15) is 4.79 Å². The molecule has 1 fully saturated rings. The van der Waals surface area contributed by atoms with Crippen molar-refractivity contribution in [1.82, 2.24) is 10.2 Å². The summed E-state index contributed by atoms with van der Waals surface area (Å²) in [4.78, 5) is 13.6. The van der Waals surface area contributed by atoms with E-state index < -0.39 is 17.6 Å². The van der Waals surface area contributed by atoms with Gasteiger partial charge in [0.05, 0.1) is 6.04 Å². The fourth-order valence-corrected chi connectivity index (χ4v) is 3.21. The van der Waals surface area contributed by atoms with E-state index in [1.54, 1.807) is 11.9 Å². The van der Waals surface area contributed by atoms with Gasteiger partial charge in [0, 0.05) is 12.6 Å². The molecule has 3 N–H and O–H groups in total. The van der Waals surface area contributed by atoms with Crippen LogP contribution in [0.2, 0.25) is 0 Å². The van der Waals surface area contributed by atoms with Gasteiger partial charge in [0.1, 0.15) is 11.7 Å². The molecule has 0 aliphatic carbocycles. The summed E-state index contributed by atoms with van der Waals surface area (Å²) in [6.45, 7) is 1.85. The van der Waals surface area contributed by atoms with Crippen LogP contribution in [0.15, 0.2) is 24.3 Å². The van der Waals surface area contributed by atoms with Crippen molar-refractivity contribution in [2.24, 2.45) is 11.7 Å². The zero-order valence-corrected chi connectivity index (χ0v) is 11.5. The largest absolute Gasteiger partial charge is 0.467 e. The van der Waals surface area contributed by atoms with Crippen LogP contribution in [-0.4, -0.2) is 28.7 Å². The van der Waals surface area contributed by atoms with Gasteiger partial charge < -0.3 is 20.7 Å². The van der Waals surface area contributed by atoms with Gasteiger partial charge in [-0.3, -0.25) is 4.79 Å². The number of nitrogens with two attached hydrogens (primary N) is 1. The van der Waals surface area contributed by atoms with E-state index in [0.29, 0.717) is 5.11 Å². The van der Waals surface area contributed by atoms with Crippen molar-refractivity contribution in [1.29, 1.82) is 0 Å². The fourth-order valence-electron chi connectivity index (χ4n) is 2.90. The number of hydrogen-bond donors (Lipinski definition) is 2. The summed E-state index contributed by atoms with van der Waals surface area (Å²) in [5.74, 6) is -0.141. The number of carbonyl (C=O) groups is 1. The maximum Gasteiger partial charge on any atom is 0.229 e. The van der Waals surface area contributed by atoms with Crippen LogP contribution in [0.4, 0.5) is 0 Å². The van der Waals surface area contributed by atoms with Gasteiger partial charge in [-0.05, 0) is 25.2 Å². The highest BCUT2D eigenvalue weighted by molar-refractivity contribution is 7.80. The lowest BCUT2D eigenvalue weighted by molar-refractivity contribution is -0.148. The molecule has 1 aromatic carbocycles. The van der Waals surface area contributed by atoms with E-state index >= 15 is 0 Å². The number of fused-ring (bicyclic) bond motifs is 4. The van der Waals surface area contributed by atoms with E-state index in [0.717, 1.165) is 11.3 Å². The lowest BCUT2D eigenvalue weighted by Crippen LogP contribution is -2.70. The highest BCUT2D eigenvalue weighted by Gasteiger charge is 2.56. The summed E-state index contributed by atoms with van der Waals surface area (Å²) >= 11 is 5.31. The van der Waals surface area contributed by atoms with Crippen LogP contribution < -0.4 is 15.8 Å². The van der Waals surface area contributed by atoms with Crippen LogP contribution in [0.25, 0.3) is 0 Å². The number of para-hydroxylation sites is 1. The number of rotatable bonds is 1. The molecule has 2 aliphatic heterocycles. The van der Waals surface area contributed by atoms with Crippen molar-refractivity contribution >= 4 is 23.2 Å².